The summed E-state index contributed by atoms with van der Waals surface area (Å²) in [4.78, 5) is 16.9. The van der Waals surface area contributed by atoms with Gasteiger partial charge in [0.2, 0.25) is 0 Å². The van der Waals surface area contributed by atoms with E-state index in [2.05, 4.69) is 9.93 Å². The van der Waals surface area contributed by atoms with E-state index in [4.69, 9.17) is 11.6 Å². The van der Waals surface area contributed by atoms with Crippen LogP contribution in [0.1, 0.15) is 38.8 Å². The molecule has 0 bridgehead atoms. The number of nitrogens with one attached hydrogen (secondary N) is 1. The third-order valence-electron chi connectivity index (χ3n) is 4.28. The second-order valence-electron chi connectivity index (χ2n) is 7.79. The lowest BCUT2D eigenvalue weighted by molar-refractivity contribution is -0.129. The molecule has 0 aliphatic heterocycles. The average Bonchev–Trinajstić information content (AvgIpc) is 2.64. The SMILES string of the molecule is C/C(=N\NS(=O)(=O)c1ccc(C)cc1)C(=O)N(Cc1ccc(Cl)cc1)C(C)(C)C. The molecule has 2 aromatic carbocycles. The first-order chi connectivity index (χ1) is 13.4. The van der Waals surface area contributed by atoms with Crippen molar-refractivity contribution in [3.63, 3.8) is 0 Å². The molecule has 0 spiro atoms. The van der Waals surface area contributed by atoms with Gasteiger partial charge in [0, 0.05) is 17.1 Å². The molecular formula is C21H26ClN3O3S. The zero-order valence-electron chi connectivity index (χ0n) is 17.2. The van der Waals surface area contributed by atoms with E-state index < -0.39 is 15.6 Å². The molecule has 0 aromatic heterocycles. The van der Waals surface area contributed by atoms with Crippen molar-refractivity contribution in [2.45, 2.75) is 51.6 Å². The molecule has 156 valence electrons. The molecule has 2 aromatic rings. The van der Waals surface area contributed by atoms with Gasteiger partial charge in [-0.05, 0) is 64.4 Å². The molecule has 0 saturated heterocycles. The molecule has 2 rings (SSSR count). The number of carbonyl (C=O) groups is 1. The van der Waals surface area contributed by atoms with Gasteiger partial charge in [-0.15, -0.1) is 0 Å². The number of amides is 1. The minimum absolute atomic E-state index is 0.0459. The van der Waals surface area contributed by atoms with Crippen LogP contribution in [0, 0.1) is 6.92 Å². The fraction of sp³-hybridized carbons (Fsp3) is 0.333. The van der Waals surface area contributed by atoms with E-state index in [1.807, 2.05) is 39.8 Å². The van der Waals surface area contributed by atoms with Crippen LogP contribution in [0.15, 0.2) is 58.5 Å². The smallest absolute Gasteiger partial charge is 0.276 e. The van der Waals surface area contributed by atoms with E-state index in [9.17, 15) is 13.2 Å². The Labute approximate surface area is 177 Å². The van der Waals surface area contributed by atoms with E-state index in [1.165, 1.54) is 19.1 Å². The number of aryl methyl sites for hydroxylation is 1. The van der Waals surface area contributed by atoms with Gasteiger partial charge in [0.25, 0.3) is 15.9 Å². The minimum Gasteiger partial charge on any atom is -0.328 e. The van der Waals surface area contributed by atoms with Crippen LogP contribution < -0.4 is 4.83 Å². The van der Waals surface area contributed by atoms with Gasteiger partial charge in [0.05, 0.1) is 4.90 Å². The van der Waals surface area contributed by atoms with E-state index in [0.29, 0.717) is 11.6 Å². The van der Waals surface area contributed by atoms with Gasteiger partial charge in [-0.3, -0.25) is 4.79 Å². The van der Waals surface area contributed by atoms with Crippen LogP contribution in [0.2, 0.25) is 5.02 Å². The predicted molar refractivity (Wildman–Crippen MR) is 116 cm³/mol. The fourth-order valence-corrected chi connectivity index (χ4v) is 3.51. The summed E-state index contributed by atoms with van der Waals surface area (Å²) in [7, 11) is -3.85. The number of nitrogens with zero attached hydrogens (tertiary/aromatic N) is 2. The summed E-state index contributed by atoms with van der Waals surface area (Å²) in [6.07, 6.45) is 0. The summed E-state index contributed by atoms with van der Waals surface area (Å²) in [6, 6.07) is 13.6. The molecule has 1 amide bonds. The van der Waals surface area contributed by atoms with Gasteiger partial charge in [-0.1, -0.05) is 41.4 Å². The Morgan fingerprint density at radius 2 is 1.62 bits per heavy atom. The molecule has 0 fully saturated rings. The van der Waals surface area contributed by atoms with Crippen LogP contribution in [0.5, 0.6) is 0 Å². The van der Waals surface area contributed by atoms with Crippen molar-refractivity contribution in [3.8, 4) is 0 Å². The van der Waals surface area contributed by atoms with Crippen molar-refractivity contribution in [2.24, 2.45) is 5.10 Å². The highest BCUT2D eigenvalue weighted by molar-refractivity contribution is 7.89. The van der Waals surface area contributed by atoms with Gasteiger partial charge in [0.15, 0.2) is 0 Å². The summed E-state index contributed by atoms with van der Waals surface area (Å²) < 4.78 is 24.8. The topological polar surface area (TPSA) is 78.8 Å². The maximum Gasteiger partial charge on any atom is 0.276 e. The number of rotatable bonds is 6. The normalized spacial score (nSPS) is 12.6. The molecule has 8 heteroatoms. The number of hydrogen-bond acceptors (Lipinski definition) is 4. The van der Waals surface area contributed by atoms with E-state index in [1.54, 1.807) is 29.2 Å². The molecule has 1 N–H and O–H groups in total. The Morgan fingerprint density at radius 1 is 1.07 bits per heavy atom. The Morgan fingerprint density at radius 3 is 2.14 bits per heavy atom. The molecule has 0 radical (unpaired) electrons. The van der Waals surface area contributed by atoms with Crippen LogP contribution >= 0.6 is 11.6 Å². The number of sulfonamides is 1. The van der Waals surface area contributed by atoms with Crippen molar-refractivity contribution in [3.05, 3.63) is 64.7 Å². The summed E-state index contributed by atoms with van der Waals surface area (Å²) in [6.45, 7) is 9.42. The van der Waals surface area contributed by atoms with Crippen molar-refractivity contribution < 1.29 is 13.2 Å². The minimum atomic E-state index is -3.85. The molecule has 0 heterocycles. The summed E-state index contributed by atoms with van der Waals surface area (Å²) >= 11 is 5.93. The lowest BCUT2D eigenvalue weighted by Gasteiger charge is -2.35. The number of hydrazone groups is 1. The maximum absolute atomic E-state index is 13.0. The molecule has 0 aliphatic carbocycles. The Bertz CT molecular complexity index is 993. The van der Waals surface area contributed by atoms with Crippen molar-refractivity contribution in [1.29, 1.82) is 0 Å². The summed E-state index contributed by atoms with van der Waals surface area (Å²) in [5.41, 5.74) is 1.40. The lowest BCUT2D eigenvalue weighted by atomic mass is 10.0. The second kappa shape index (κ2) is 8.97. The molecule has 6 nitrogen and oxygen atoms in total. The third kappa shape index (κ3) is 6.30. The Kier molecular flexibility index (Phi) is 7.08. The molecular weight excluding hydrogens is 410 g/mol. The lowest BCUT2D eigenvalue weighted by Crippen LogP contribution is -2.47. The van der Waals surface area contributed by atoms with Gasteiger partial charge in [-0.2, -0.15) is 18.4 Å². The highest BCUT2D eigenvalue weighted by Gasteiger charge is 2.28. The van der Waals surface area contributed by atoms with Gasteiger partial charge >= 0.3 is 0 Å². The molecule has 29 heavy (non-hydrogen) atoms. The monoisotopic (exact) mass is 435 g/mol. The number of hydrogen-bond donors (Lipinski definition) is 1. The van der Waals surface area contributed by atoms with Crippen LogP contribution in [-0.2, 0) is 21.4 Å². The van der Waals surface area contributed by atoms with Crippen molar-refractivity contribution in [1.82, 2.24) is 9.73 Å². The average molecular weight is 436 g/mol. The summed E-state index contributed by atoms with van der Waals surface area (Å²) in [5.74, 6) is -0.362. The van der Waals surface area contributed by atoms with Gasteiger partial charge in [0.1, 0.15) is 5.71 Å². The van der Waals surface area contributed by atoms with Gasteiger partial charge in [-0.25, -0.2) is 0 Å². The van der Waals surface area contributed by atoms with Crippen LogP contribution in [-0.4, -0.2) is 30.5 Å². The van der Waals surface area contributed by atoms with E-state index in [0.717, 1.165) is 11.1 Å². The number of carbonyl (C=O) groups excluding carboxylic acids is 1. The first-order valence-corrected chi connectivity index (χ1v) is 11.0. The zero-order valence-corrected chi connectivity index (χ0v) is 18.8. The standard InChI is InChI=1S/C21H26ClN3O3S/c1-15-6-12-19(13-7-15)29(27,28)24-23-16(2)20(26)25(21(3,4)5)14-17-8-10-18(22)11-9-17/h6-13,24H,14H2,1-5H3/b23-16+. The van der Waals surface area contributed by atoms with Crippen LogP contribution in [0.4, 0.5) is 0 Å². The Hall–Kier alpha value is -2.38. The highest BCUT2D eigenvalue weighted by Crippen LogP contribution is 2.19. The zero-order chi connectivity index (χ0) is 21.8. The quantitative estimate of drug-likeness (QED) is 0.547. The number of halogens is 1. The molecule has 0 saturated carbocycles. The fourth-order valence-electron chi connectivity index (χ4n) is 2.53. The Balaban J connectivity index is 2.21. The van der Waals surface area contributed by atoms with E-state index >= 15 is 0 Å². The highest BCUT2D eigenvalue weighted by atomic mass is 35.5. The second-order valence-corrected chi connectivity index (χ2v) is 9.89. The maximum atomic E-state index is 13.0. The van der Waals surface area contributed by atoms with Gasteiger partial charge < -0.3 is 4.90 Å². The largest absolute Gasteiger partial charge is 0.328 e. The molecule has 0 aliphatic rings. The third-order valence-corrected chi connectivity index (χ3v) is 5.76. The van der Waals surface area contributed by atoms with Crippen molar-refractivity contribution in [2.75, 3.05) is 0 Å². The summed E-state index contributed by atoms with van der Waals surface area (Å²) in [5, 5.41) is 4.47. The van der Waals surface area contributed by atoms with Crippen molar-refractivity contribution >= 4 is 33.2 Å². The predicted octanol–water partition coefficient (Wildman–Crippen LogP) is 4.13. The molecule has 0 unspecified atom stereocenters. The van der Waals surface area contributed by atoms with Crippen LogP contribution in [0.3, 0.4) is 0 Å². The first kappa shape index (κ1) is 22.9. The van der Waals surface area contributed by atoms with Crippen LogP contribution in [0.25, 0.3) is 0 Å². The molecule has 0 atom stereocenters. The van der Waals surface area contributed by atoms with E-state index in [-0.39, 0.29) is 16.5 Å². The first-order valence-electron chi connectivity index (χ1n) is 9.09. The number of benzene rings is 2.